The van der Waals surface area contributed by atoms with Gasteiger partial charge in [0.1, 0.15) is 17.6 Å². The fraction of sp³-hybridized carbons (Fsp3) is 0.300. The summed E-state index contributed by atoms with van der Waals surface area (Å²) >= 11 is 0. The van der Waals surface area contributed by atoms with Gasteiger partial charge in [0, 0.05) is 37.2 Å². The molecule has 1 saturated heterocycles. The molecule has 2 unspecified atom stereocenters. The predicted octanol–water partition coefficient (Wildman–Crippen LogP) is 4.68. The van der Waals surface area contributed by atoms with Crippen LogP contribution in [-0.4, -0.2) is 59.6 Å². The summed E-state index contributed by atoms with van der Waals surface area (Å²) in [6, 6.07) is 22.5. The Bertz CT molecular complexity index is 1420. The summed E-state index contributed by atoms with van der Waals surface area (Å²) in [7, 11) is 2.99. The number of fused-ring (bicyclic) bond motifs is 1. The summed E-state index contributed by atoms with van der Waals surface area (Å²) in [6.07, 6.45) is 4.15. The summed E-state index contributed by atoms with van der Waals surface area (Å²) in [5, 5.41) is 2.91. The molecule has 38 heavy (non-hydrogen) atoms. The molecule has 4 aromatic rings. The first-order chi connectivity index (χ1) is 18.6. The summed E-state index contributed by atoms with van der Waals surface area (Å²) in [5.74, 6) is 1.29. The average molecular weight is 513 g/mol. The molecule has 1 aliphatic heterocycles. The second-order valence-corrected chi connectivity index (χ2v) is 9.51. The zero-order valence-corrected chi connectivity index (χ0v) is 21.7. The van der Waals surface area contributed by atoms with Crippen LogP contribution in [0.5, 0.6) is 5.75 Å². The van der Waals surface area contributed by atoms with E-state index < -0.39 is 12.0 Å². The average Bonchev–Trinajstić information content (AvgIpc) is 3.37. The zero-order chi connectivity index (χ0) is 26.5. The van der Waals surface area contributed by atoms with Crippen molar-refractivity contribution in [3.63, 3.8) is 0 Å². The fourth-order valence-electron chi connectivity index (χ4n) is 5.13. The van der Waals surface area contributed by atoms with Crippen molar-refractivity contribution in [2.24, 2.45) is 0 Å². The molecule has 2 amide bonds. The third-order valence-corrected chi connectivity index (χ3v) is 7.06. The Labute approximate surface area is 222 Å². The van der Waals surface area contributed by atoms with Gasteiger partial charge >= 0.3 is 12.0 Å². The van der Waals surface area contributed by atoms with Gasteiger partial charge in [-0.25, -0.2) is 14.6 Å². The highest BCUT2D eigenvalue weighted by molar-refractivity contribution is 5.84. The van der Waals surface area contributed by atoms with Gasteiger partial charge in [-0.1, -0.05) is 48.5 Å². The number of carbonyl (C=O) groups excluding carboxylic acids is 2. The van der Waals surface area contributed by atoms with E-state index in [1.54, 1.807) is 12.0 Å². The number of hydrogen-bond donors (Lipinski definition) is 1. The van der Waals surface area contributed by atoms with E-state index in [0.29, 0.717) is 19.5 Å². The molecule has 0 saturated carbocycles. The number of rotatable bonds is 7. The second kappa shape index (κ2) is 11.4. The molecule has 0 radical (unpaired) electrons. The molecule has 3 heterocycles. The molecule has 8 nitrogen and oxygen atoms in total. The number of esters is 1. The number of aromatic nitrogens is 2. The van der Waals surface area contributed by atoms with Gasteiger partial charge in [-0.05, 0) is 42.7 Å². The lowest BCUT2D eigenvalue weighted by Crippen LogP contribution is -2.51. The Morgan fingerprint density at radius 2 is 1.87 bits per heavy atom. The highest BCUT2D eigenvalue weighted by atomic mass is 16.5. The van der Waals surface area contributed by atoms with Crippen LogP contribution in [0.15, 0.2) is 79.0 Å². The van der Waals surface area contributed by atoms with Crippen LogP contribution in [0.2, 0.25) is 0 Å². The number of nitrogens with one attached hydrogen (secondary N) is 1. The molecular weight excluding hydrogens is 480 g/mol. The molecular formula is C30H32N4O4. The van der Waals surface area contributed by atoms with E-state index in [0.717, 1.165) is 46.8 Å². The van der Waals surface area contributed by atoms with Crippen molar-refractivity contribution >= 4 is 17.5 Å². The molecule has 1 fully saturated rings. The number of piperidine rings is 1. The van der Waals surface area contributed by atoms with Crippen LogP contribution in [0.25, 0.3) is 16.8 Å². The smallest absolute Gasteiger partial charge is 0.328 e. The number of nitrogens with zero attached hydrogens (tertiary/aromatic N) is 3. The number of amides is 2. The van der Waals surface area contributed by atoms with Crippen LogP contribution in [-0.2, 0) is 16.0 Å². The number of carbonyl (C=O) groups is 2. The molecule has 0 spiro atoms. The first kappa shape index (κ1) is 25.3. The highest BCUT2D eigenvalue weighted by Gasteiger charge is 2.31. The van der Waals surface area contributed by atoms with Crippen molar-refractivity contribution in [2.45, 2.75) is 31.2 Å². The van der Waals surface area contributed by atoms with Crippen molar-refractivity contribution in [1.29, 1.82) is 0 Å². The van der Waals surface area contributed by atoms with Crippen LogP contribution < -0.4 is 10.1 Å². The minimum Gasteiger partial charge on any atom is -0.497 e. The lowest BCUT2D eigenvalue weighted by atomic mass is 9.97. The first-order valence-electron chi connectivity index (χ1n) is 12.9. The molecule has 2 aromatic carbocycles. The third-order valence-electron chi connectivity index (χ3n) is 7.06. The monoisotopic (exact) mass is 512 g/mol. The normalized spacial score (nSPS) is 16.2. The number of urea groups is 1. The van der Waals surface area contributed by atoms with Gasteiger partial charge in [0.2, 0.25) is 0 Å². The minimum atomic E-state index is -0.762. The molecule has 2 atom stereocenters. The van der Waals surface area contributed by atoms with Gasteiger partial charge < -0.3 is 24.1 Å². The second-order valence-electron chi connectivity index (χ2n) is 9.51. The van der Waals surface area contributed by atoms with Gasteiger partial charge in [0.15, 0.2) is 0 Å². The summed E-state index contributed by atoms with van der Waals surface area (Å²) in [6.45, 7) is 1.13. The number of pyridine rings is 1. The molecule has 0 bridgehead atoms. The van der Waals surface area contributed by atoms with Gasteiger partial charge in [-0.15, -0.1) is 0 Å². The van der Waals surface area contributed by atoms with Crippen LogP contribution >= 0.6 is 0 Å². The van der Waals surface area contributed by atoms with Crippen molar-refractivity contribution in [1.82, 2.24) is 19.6 Å². The van der Waals surface area contributed by atoms with Gasteiger partial charge in [0.25, 0.3) is 0 Å². The molecule has 5 rings (SSSR count). The first-order valence-corrected chi connectivity index (χ1v) is 12.9. The molecule has 2 aromatic heterocycles. The van der Waals surface area contributed by atoms with E-state index in [1.165, 1.54) is 7.11 Å². The van der Waals surface area contributed by atoms with Gasteiger partial charge in [-0.2, -0.15) is 0 Å². The van der Waals surface area contributed by atoms with E-state index in [1.807, 2.05) is 72.9 Å². The van der Waals surface area contributed by atoms with Crippen LogP contribution in [0.3, 0.4) is 0 Å². The maximum absolute atomic E-state index is 13.3. The van der Waals surface area contributed by atoms with Crippen molar-refractivity contribution in [3.8, 4) is 17.0 Å². The highest BCUT2D eigenvalue weighted by Crippen LogP contribution is 2.33. The Balaban J connectivity index is 1.37. The SMILES string of the molecule is COC(=O)C(Cc1ccccc1)NC(=O)N1CCCC(c2nc(-c3cccc(OC)c3)c3ccccn23)C1. The quantitative estimate of drug-likeness (QED) is 0.364. The zero-order valence-electron chi connectivity index (χ0n) is 21.7. The van der Waals surface area contributed by atoms with Crippen LogP contribution in [0, 0.1) is 0 Å². The number of benzene rings is 2. The molecule has 1 aliphatic rings. The number of imidazole rings is 1. The topological polar surface area (TPSA) is 85.2 Å². The standard InChI is InChI=1S/C30H32N4O4/c1-37-24-14-8-12-22(19-24)27-26-15-6-7-17-34(26)28(32-27)23-13-9-16-33(20-23)30(36)31-25(29(35)38-2)18-21-10-4-3-5-11-21/h3-8,10-12,14-15,17,19,23,25H,9,13,16,18,20H2,1-2H3,(H,31,36). The summed E-state index contributed by atoms with van der Waals surface area (Å²) in [4.78, 5) is 32.7. The molecule has 0 aliphatic carbocycles. The van der Waals surface area contributed by atoms with Crippen LogP contribution in [0.4, 0.5) is 4.79 Å². The summed E-state index contributed by atoms with van der Waals surface area (Å²) < 4.78 is 12.5. The number of likely N-dealkylation sites (tertiary alicyclic amines) is 1. The lowest BCUT2D eigenvalue weighted by molar-refractivity contribution is -0.142. The Kier molecular flexibility index (Phi) is 7.58. The molecule has 1 N–H and O–H groups in total. The maximum atomic E-state index is 13.3. The maximum Gasteiger partial charge on any atom is 0.328 e. The van der Waals surface area contributed by atoms with Gasteiger partial charge in [-0.3, -0.25) is 0 Å². The number of hydrogen-bond acceptors (Lipinski definition) is 5. The molecule has 8 heteroatoms. The van der Waals surface area contributed by atoms with E-state index >= 15 is 0 Å². The minimum absolute atomic E-state index is 0.0504. The summed E-state index contributed by atoms with van der Waals surface area (Å²) in [5.41, 5.74) is 3.82. The van der Waals surface area contributed by atoms with Crippen molar-refractivity contribution in [3.05, 3.63) is 90.4 Å². The molecule has 196 valence electrons. The lowest BCUT2D eigenvalue weighted by Gasteiger charge is -2.33. The van der Waals surface area contributed by atoms with E-state index in [-0.39, 0.29) is 11.9 Å². The third kappa shape index (κ3) is 5.34. The largest absolute Gasteiger partial charge is 0.497 e. The van der Waals surface area contributed by atoms with E-state index in [9.17, 15) is 9.59 Å². The van der Waals surface area contributed by atoms with E-state index in [2.05, 4.69) is 15.8 Å². The predicted molar refractivity (Wildman–Crippen MR) is 145 cm³/mol. The number of ether oxygens (including phenoxy) is 2. The van der Waals surface area contributed by atoms with E-state index in [4.69, 9.17) is 14.5 Å². The van der Waals surface area contributed by atoms with Crippen molar-refractivity contribution < 1.29 is 19.1 Å². The van der Waals surface area contributed by atoms with Crippen LogP contribution in [0.1, 0.15) is 30.1 Å². The van der Waals surface area contributed by atoms with Crippen molar-refractivity contribution in [2.75, 3.05) is 27.3 Å². The fourth-order valence-corrected chi connectivity index (χ4v) is 5.13. The Hall–Kier alpha value is -4.33. The number of methoxy groups -OCH3 is 2. The van der Waals surface area contributed by atoms with Gasteiger partial charge in [0.05, 0.1) is 25.4 Å². The Morgan fingerprint density at radius 1 is 1.05 bits per heavy atom. The Morgan fingerprint density at radius 3 is 2.66 bits per heavy atom.